The summed E-state index contributed by atoms with van der Waals surface area (Å²) in [5.41, 5.74) is 0. The highest BCUT2D eigenvalue weighted by atomic mass is 32.2. The minimum Gasteiger partial charge on any atom is -0.373 e. The van der Waals surface area contributed by atoms with Gasteiger partial charge in [0.1, 0.15) is 0 Å². The lowest BCUT2D eigenvalue weighted by Crippen LogP contribution is -2.49. The summed E-state index contributed by atoms with van der Waals surface area (Å²) in [6, 6.07) is 0. The molecule has 0 spiro atoms. The maximum absolute atomic E-state index is 12.2. The number of hydrogen-bond acceptors (Lipinski definition) is 4. The molecule has 2 rings (SSSR count). The normalized spacial score (nSPS) is 34.8. The van der Waals surface area contributed by atoms with Gasteiger partial charge in [0.15, 0.2) is 0 Å². The van der Waals surface area contributed by atoms with E-state index in [4.69, 9.17) is 4.74 Å². The predicted octanol–water partition coefficient (Wildman–Crippen LogP) is 0.198. The molecule has 1 aliphatic carbocycles. The van der Waals surface area contributed by atoms with Gasteiger partial charge in [-0.15, -0.1) is 0 Å². The highest BCUT2D eigenvalue weighted by molar-refractivity contribution is 7.89. The van der Waals surface area contributed by atoms with Gasteiger partial charge in [0.25, 0.3) is 0 Å². The van der Waals surface area contributed by atoms with E-state index in [9.17, 15) is 13.2 Å². The Morgan fingerprint density at radius 1 is 1.25 bits per heavy atom. The van der Waals surface area contributed by atoms with Gasteiger partial charge in [-0.05, 0) is 26.2 Å². The number of carbonyl (C=O) groups is 1. The quantitative estimate of drug-likeness (QED) is 0.787. The minimum absolute atomic E-state index is 0.0172. The second kappa shape index (κ2) is 5.99. The third kappa shape index (κ3) is 3.93. The average Bonchev–Trinajstić information content (AvgIpc) is 3.05. The molecule has 20 heavy (non-hydrogen) atoms. The average molecular weight is 304 g/mol. The van der Waals surface area contributed by atoms with Crippen molar-refractivity contribution in [3.63, 3.8) is 0 Å². The minimum atomic E-state index is -3.33. The fourth-order valence-electron chi connectivity index (χ4n) is 2.61. The Morgan fingerprint density at radius 3 is 2.30 bits per heavy atom. The van der Waals surface area contributed by atoms with E-state index in [1.807, 2.05) is 20.8 Å². The van der Waals surface area contributed by atoms with Crippen LogP contribution in [-0.4, -0.2) is 56.2 Å². The summed E-state index contributed by atoms with van der Waals surface area (Å²) in [4.78, 5) is 11.6. The van der Waals surface area contributed by atoms with Crippen molar-refractivity contribution in [3.05, 3.63) is 0 Å². The maximum Gasteiger partial charge on any atom is 0.223 e. The molecular weight excluding hydrogens is 280 g/mol. The summed E-state index contributed by atoms with van der Waals surface area (Å²) in [6.45, 7) is 6.73. The van der Waals surface area contributed by atoms with Crippen LogP contribution in [0.4, 0.5) is 0 Å². The van der Waals surface area contributed by atoms with Crippen LogP contribution in [0.3, 0.4) is 0 Å². The molecule has 7 heteroatoms. The van der Waals surface area contributed by atoms with Crippen molar-refractivity contribution >= 4 is 15.9 Å². The third-order valence-corrected chi connectivity index (χ3v) is 5.69. The van der Waals surface area contributed by atoms with Gasteiger partial charge in [-0.25, -0.2) is 8.42 Å². The number of morpholine rings is 1. The zero-order valence-electron chi connectivity index (χ0n) is 12.3. The molecular formula is C13H24N2O4S. The van der Waals surface area contributed by atoms with Crippen LogP contribution in [0.15, 0.2) is 0 Å². The first-order chi connectivity index (χ1) is 9.29. The van der Waals surface area contributed by atoms with Crippen LogP contribution in [0.1, 0.15) is 27.2 Å². The van der Waals surface area contributed by atoms with Crippen LogP contribution in [0.25, 0.3) is 0 Å². The number of ether oxygens (including phenoxy) is 1. The summed E-state index contributed by atoms with van der Waals surface area (Å²) in [5.74, 6) is 0.462. The Morgan fingerprint density at radius 2 is 1.80 bits per heavy atom. The summed E-state index contributed by atoms with van der Waals surface area (Å²) in [5, 5.41) is 2.72. The Kier molecular flexibility index (Phi) is 4.71. The van der Waals surface area contributed by atoms with Gasteiger partial charge in [-0.3, -0.25) is 4.79 Å². The van der Waals surface area contributed by atoms with E-state index in [1.165, 1.54) is 4.31 Å². The molecule has 1 saturated carbocycles. The number of nitrogens with one attached hydrogen (secondary N) is 1. The Labute approximate surface area is 120 Å². The van der Waals surface area contributed by atoms with Crippen molar-refractivity contribution in [1.29, 1.82) is 0 Å². The lowest BCUT2D eigenvalue weighted by Gasteiger charge is -2.34. The SMILES string of the molecule is C[C@@H]1CN(S(=O)(=O)CCNC(=O)[C@@H]2C[C@H]2C)C[C@H](C)O1. The van der Waals surface area contributed by atoms with Gasteiger partial charge in [0.05, 0.1) is 18.0 Å². The summed E-state index contributed by atoms with van der Waals surface area (Å²) in [7, 11) is -3.33. The van der Waals surface area contributed by atoms with Crippen LogP contribution in [0, 0.1) is 11.8 Å². The molecule has 4 atom stereocenters. The molecule has 0 aromatic carbocycles. The van der Waals surface area contributed by atoms with Crippen molar-refractivity contribution in [2.75, 3.05) is 25.4 Å². The Balaban J connectivity index is 1.80. The zero-order valence-corrected chi connectivity index (χ0v) is 13.1. The van der Waals surface area contributed by atoms with Gasteiger partial charge in [-0.1, -0.05) is 6.92 Å². The van der Waals surface area contributed by atoms with Crippen LogP contribution in [0.5, 0.6) is 0 Å². The highest BCUT2D eigenvalue weighted by Crippen LogP contribution is 2.37. The van der Waals surface area contributed by atoms with Crippen LogP contribution in [0.2, 0.25) is 0 Å². The molecule has 2 fully saturated rings. The molecule has 0 unspecified atom stereocenters. The summed E-state index contributed by atoms with van der Waals surface area (Å²) < 4.78 is 31.5. The van der Waals surface area contributed by atoms with E-state index in [0.717, 1.165) is 6.42 Å². The molecule has 1 amide bonds. The second-order valence-electron chi connectivity index (χ2n) is 6.00. The Hall–Kier alpha value is -0.660. The fourth-order valence-corrected chi connectivity index (χ4v) is 4.10. The number of hydrogen-bond donors (Lipinski definition) is 1. The highest BCUT2D eigenvalue weighted by Gasteiger charge is 2.39. The first-order valence-electron chi connectivity index (χ1n) is 7.20. The number of sulfonamides is 1. The van der Waals surface area contributed by atoms with Crippen molar-refractivity contribution in [3.8, 4) is 0 Å². The first-order valence-corrected chi connectivity index (χ1v) is 8.81. The van der Waals surface area contributed by atoms with Gasteiger partial charge in [-0.2, -0.15) is 4.31 Å². The monoisotopic (exact) mass is 304 g/mol. The standard InChI is InChI=1S/C13H24N2O4S/c1-9-6-12(9)13(16)14-4-5-20(17,18)15-7-10(2)19-11(3)8-15/h9-12H,4-8H2,1-3H3,(H,14,16)/t9-,10-,11+,12-/m1/s1. The zero-order chi connectivity index (χ0) is 14.9. The smallest absolute Gasteiger partial charge is 0.223 e. The van der Waals surface area contributed by atoms with E-state index in [0.29, 0.717) is 19.0 Å². The van der Waals surface area contributed by atoms with Gasteiger partial charge in [0, 0.05) is 25.6 Å². The number of carbonyl (C=O) groups excluding carboxylic acids is 1. The summed E-state index contributed by atoms with van der Waals surface area (Å²) in [6.07, 6.45) is 0.739. The van der Waals surface area contributed by atoms with E-state index in [1.54, 1.807) is 0 Å². The van der Waals surface area contributed by atoms with Crippen molar-refractivity contribution < 1.29 is 17.9 Å². The van der Waals surface area contributed by atoms with E-state index in [2.05, 4.69) is 5.32 Å². The molecule has 6 nitrogen and oxygen atoms in total. The molecule has 0 bridgehead atoms. The van der Waals surface area contributed by atoms with E-state index in [-0.39, 0.29) is 36.3 Å². The largest absolute Gasteiger partial charge is 0.373 e. The van der Waals surface area contributed by atoms with E-state index < -0.39 is 10.0 Å². The summed E-state index contributed by atoms with van der Waals surface area (Å²) >= 11 is 0. The molecule has 1 N–H and O–H groups in total. The Bertz CT molecular complexity index is 455. The molecule has 1 aliphatic heterocycles. The van der Waals surface area contributed by atoms with Gasteiger partial charge in [0.2, 0.25) is 15.9 Å². The van der Waals surface area contributed by atoms with E-state index >= 15 is 0 Å². The maximum atomic E-state index is 12.2. The van der Waals surface area contributed by atoms with Gasteiger partial charge < -0.3 is 10.1 Å². The molecule has 2 aliphatic rings. The molecule has 116 valence electrons. The molecule has 0 radical (unpaired) electrons. The first kappa shape index (κ1) is 15.7. The van der Waals surface area contributed by atoms with Gasteiger partial charge >= 0.3 is 0 Å². The van der Waals surface area contributed by atoms with Crippen molar-refractivity contribution in [1.82, 2.24) is 9.62 Å². The number of nitrogens with zero attached hydrogens (tertiary/aromatic N) is 1. The molecule has 0 aromatic rings. The number of rotatable bonds is 5. The van der Waals surface area contributed by atoms with Crippen LogP contribution in [-0.2, 0) is 19.6 Å². The predicted molar refractivity (Wildman–Crippen MR) is 75.6 cm³/mol. The fraction of sp³-hybridized carbons (Fsp3) is 0.923. The molecule has 1 heterocycles. The lowest BCUT2D eigenvalue weighted by atomic mass is 10.3. The lowest BCUT2D eigenvalue weighted by molar-refractivity contribution is -0.122. The van der Waals surface area contributed by atoms with Crippen molar-refractivity contribution in [2.24, 2.45) is 11.8 Å². The topological polar surface area (TPSA) is 75.7 Å². The second-order valence-corrected chi connectivity index (χ2v) is 8.09. The van der Waals surface area contributed by atoms with Crippen molar-refractivity contribution in [2.45, 2.75) is 39.4 Å². The third-order valence-electron chi connectivity index (χ3n) is 3.88. The molecule has 1 saturated heterocycles. The van der Waals surface area contributed by atoms with Crippen LogP contribution >= 0.6 is 0 Å². The number of amides is 1. The van der Waals surface area contributed by atoms with Crippen LogP contribution < -0.4 is 5.32 Å². The molecule has 0 aromatic heterocycles.